The van der Waals surface area contributed by atoms with Crippen molar-refractivity contribution < 1.29 is 14.6 Å². The summed E-state index contributed by atoms with van der Waals surface area (Å²) in [6.45, 7) is 0. The number of hydrogen-bond acceptors (Lipinski definition) is 4. The first-order valence-corrected chi connectivity index (χ1v) is 5.58. The standard InChI is InChI=1S/C15H11NO3/c1-19-15(18)13-8-10(6-7-14(13)17)12-5-3-2-4-11(12)9-16/h2-8,17H,1H3. The zero-order chi connectivity index (χ0) is 13.8. The van der Waals surface area contributed by atoms with Crippen LogP contribution in [0.5, 0.6) is 5.75 Å². The third-order valence-electron chi connectivity index (χ3n) is 2.76. The molecule has 0 amide bonds. The summed E-state index contributed by atoms with van der Waals surface area (Å²) in [5, 5.41) is 18.7. The SMILES string of the molecule is COC(=O)c1cc(-c2ccccc2C#N)ccc1O. The summed E-state index contributed by atoms with van der Waals surface area (Å²) in [5.41, 5.74) is 1.96. The normalized spacial score (nSPS) is 9.68. The van der Waals surface area contributed by atoms with E-state index in [0.717, 1.165) is 0 Å². The van der Waals surface area contributed by atoms with Crippen molar-refractivity contribution in [2.75, 3.05) is 7.11 Å². The van der Waals surface area contributed by atoms with Crippen LogP contribution in [0.4, 0.5) is 0 Å². The molecule has 2 aromatic rings. The van der Waals surface area contributed by atoms with Gasteiger partial charge in [0.05, 0.1) is 18.7 Å². The van der Waals surface area contributed by atoms with Crippen molar-refractivity contribution in [2.24, 2.45) is 0 Å². The van der Waals surface area contributed by atoms with Crippen molar-refractivity contribution in [3.05, 3.63) is 53.6 Å². The molecule has 0 aliphatic rings. The van der Waals surface area contributed by atoms with Crippen LogP contribution in [-0.4, -0.2) is 18.2 Å². The molecule has 2 aromatic carbocycles. The highest BCUT2D eigenvalue weighted by Crippen LogP contribution is 2.28. The smallest absolute Gasteiger partial charge is 0.341 e. The Labute approximate surface area is 110 Å². The number of nitriles is 1. The van der Waals surface area contributed by atoms with Crippen molar-refractivity contribution in [3.8, 4) is 22.9 Å². The van der Waals surface area contributed by atoms with E-state index in [-0.39, 0.29) is 11.3 Å². The van der Waals surface area contributed by atoms with Crippen LogP contribution in [0.25, 0.3) is 11.1 Å². The van der Waals surface area contributed by atoms with Gasteiger partial charge in [0.2, 0.25) is 0 Å². The number of phenols is 1. The molecule has 94 valence electrons. The number of phenolic OH excluding ortho intramolecular Hbond substituents is 1. The number of rotatable bonds is 2. The average molecular weight is 253 g/mol. The van der Waals surface area contributed by atoms with Gasteiger partial charge in [0, 0.05) is 0 Å². The van der Waals surface area contributed by atoms with Crippen LogP contribution in [0.1, 0.15) is 15.9 Å². The van der Waals surface area contributed by atoms with Gasteiger partial charge in [0.1, 0.15) is 11.3 Å². The molecule has 0 aromatic heterocycles. The third kappa shape index (κ3) is 2.40. The first kappa shape index (κ1) is 12.7. The second-order valence-electron chi connectivity index (χ2n) is 3.88. The van der Waals surface area contributed by atoms with Gasteiger partial charge in [-0.3, -0.25) is 0 Å². The van der Waals surface area contributed by atoms with Crippen LogP contribution in [0.15, 0.2) is 42.5 Å². The molecule has 0 heterocycles. The van der Waals surface area contributed by atoms with Gasteiger partial charge in [-0.2, -0.15) is 5.26 Å². The van der Waals surface area contributed by atoms with Crippen LogP contribution in [-0.2, 0) is 4.74 Å². The lowest BCUT2D eigenvalue weighted by Crippen LogP contribution is -2.01. The van der Waals surface area contributed by atoms with E-state index in [2.05, 4.69) is 10.8 Å². The summed E-state index contributed by atoms with van der Waals surface area (Å²) in [5.74, 6) is -0.765. The van der Waals surface area contributed by atoms with E-state index >= 15 is 0 Å². The van der Waals surface area contributed by atoms with Gasteiger partial charge in [-0.1, -0.05) is 24.3 Å². The molecule has 19 heavy (non-hydrogen) atoms. The van der Waals surface area contributed by atoms with Gasteiger partial charge in [0.15, 0.2) is 0 Å². The number of methoxy groups -OCH3 is 1. The predicted molar refractivity (Wildman–Crippen MR) is 69.6 cm³/mol. The van der Waals surface area contributed by atoms with Gasteiger partial charge in [-0.15, -0.1) is 0 Å². The molecule has 4 nitrogen and oxygen atoms in total. The molecule has 0 radical (unpaired) electrons. The molecule has 4 heteroatoms. The molecule has 0 saturated carbocycles. The maximum Gasteiger partial charge on any atom is 0.341 e. The molecule has 0 aliphatic heterocycles. The number of benzene rings is 2. The molecule has 0 atom stereocenters. The van der Waals surface area contributed by atoms with E-state index in [1.54, 1.807) is 30.3 Å². The lowest BCUT2D eigenvalue weighted by molar-refractivity contribution is 0.0597. The average Bonchev–Trinajstić information content (AvgIpc) is 2.47. The first-order valence-electron chi connectivity index (χ1n) is 5.58. The highest BCUT2D eigenvalue weighted by molar-refractivity contribution is 5.94. The topological polar surface area (TPSA) is 70.3 Å². The van der Waals surface area contributed by atoms with Crippen LogP contribution in [0.3, 0.4) is 0 Å². The predicted octanol–water partition coefficient (Wildman–Crippen LogP) is 2.72. The molecule has 0 aliphatic carbocycles. The lowest BCUT2D eigenvalue weighted by atomic mass is 9.98. The van der Waals surface area contributed by atoms with E-state index in [0.29, 0.717) is 16.7 Å². The fourth-order valence-corrected chi connectivity index (χ4v) is 1.81. The number of ether oxygens (including phenoxy) is 1. The summed E-state index contributed by atoms with van der Waals surface area (Å²) in [4.78, 5) is 11.5. The fraction of sp³-hybridized carbons (Fsp3) is 0.0667. The van der Waals surface area contributed by atoms with Crippen molar-refractivity contribution in [3.63, 3.8) is 0 Å². The van der Waals surface area contributed by atoms with Gasteiger partial charge >= 0.3 is 5.97 Å². The minimum Gasteiger partial charge on any atom is -0.507 e. The Kier molecular flexibility index (Phi) is 3.48. The van der Waals surface area contributed by atoms with Crippen molar-refractivity contribution in [1.29, 1.82) is 5.26 Å². The second-order valence-corrected chi connectivity index (χ2v) is 3.88. The number of carbonyl (C=O) groups is 1. The minimum absolute atomic E-state index is 0.0766. The number of esters is 1. The Bertz CT molecular complexity index is 671. The van der Waals surface area contributed by atoms with Gasteiger partial charge in [-0.05, 0) is 29.3 Å². The molecule has 1 N–H and O–H groups in total. The zero-order valence-electron chi connectivity index (χ0n) is 10.3. The summed E-state index contributed by atoms with van der Waals surface area (Å²) in [7, 11) is 1.25. The Morgan fingerprint density at radius 2 is 2.00 bits per heavy atom. The fourth-order valence-electron chi connectivity index (χ4n) is 1.81. The van der Waals surface area contributed by atoms with Crippen LogP contribution in [0, 0.1) is 11.3 Å². The molecule has 0 spiro atoms. The number of hydrogen-bond donors (Lipinski definition) is 1. The maximum absolute atomic E-state index is 11.5. The summed E-state index contributed by atoms with van der Waals surface area (Å²) >= 11 is 0. The van der Waals surface area contributed by atoms with Crippen molar-refractivity contribution in [2.45, 2.75) is 0 Å². The van der Waals surface area contributed by atoms with Crippen LogP contribution >= 0.6 is 0 Å². The van der Waals surface area contributed by atoms with Crippen molar-refractivity contribution in [1.82, 2.24) is 0 Å². The molecule has 0 bridgehead atoms. The minimum atomic E-state index is -0.617. The van der Waals surface area contributed by atoms with E-state index in [4.69, 9.17) is 5.26 Å². The largest absolute Gasteiger partial charge is 0.507 e. The number of aromatic hydroxyl groups is 1. The Balaban J connectivity index is 2.59. The highest BCUT2D eigenvalue weighted by atomic mass is 16.5. The quantitative estimate of drug-likeness (QED) is 0.835. The summed E-state index contributed by atoms with van der Waals surface area (Å²) < 4.78 is 4.60. The lowest BCUT2D eigenvalue weighted by Gasteiger charge is -2.07. The van der Waals surface area contributed by atoms with Crippen LogP contribution < -0.4 is 0 Å². The molecule has 2 rings (SSSR count). The molecular formula is C15H11NO3. The highest BCUT2D eigenvalue weighted by Gasteiger charge is 2.14. The first-order chi connectivity index (χ1) is 9.17. The number of nitrogens with zero attached hydrogens (tertiary/aromatic N) is 1. The second kappa shape index (κ2) is 5.23. The van der Waals surface area contributed by atoms with Gasteiger partial charge < -0.3 is 9.84 Å². The molecule has 0 saturated heterocycles. The Morgan fingerprint density at radius 3 is 2.68 bits per heavy atom. The Hall–Kier alpha value is -2.80. The van der Waals surface area contributed by atoms with E-state index < -0.39 is 5.97 Å². The molecular weight excluding hydrogens is 242 g/mol. The van der Waals surface area contributed by atoms with Gasteiger partial charge in [0.25, 0.3) is 0 Å². The van der Waals surface area contributed by atoms with E-state index in [9.17, 15) is 9.90 Å². The van der Waals surface area contributed by atoms with E-state index in [1.807, 2.05) is 0 Å². The van der Waals surface area contributed by atoms with E-state index in [1.165, 1.54) is 19.2 Å². The monoisotopic (exact) mass is 253 g/mol. The summed E-state index contributed by atoms with van der Waals surface area (Å²) in [6, 6.07) is 13.7. The Morgan fingerprint density at radius 1 is 1.26 bits per heavy atom. The third-order valence-corrected chi connectivity index (χ3v) is 2.76. The van der Waals surface area contributed by atoms with Crippen molar-refractivity contribution >= 4 is 5.97 Å². The van der Waals surface area contributed by atoms with Crippen LogP contribution in [0.2, 0.25) is 0 Å². The molecule has 0 fully saturated rings. The zero-order valence-corrected chi connectivity index (χ0v) is 10.3. The maximum atomic E-state index is 11.5. The number of carbonyl (C=O) groups excluding carboxylic acids is 1. The molecule has 0 unspecified atom stereocenters. The van der Waals surface area contributed by atoms with Gasteiger partial charge in [-0.25, -0.2) is 4.79 Å². The summed E-state index contributed by atoms with van der Waals surface area (Å²) in [6.07, 6.45) is 0.